The molecule has 1 atom stereocenters. The maximum Gasteiger partial charge on any atom is 0.200 e. The summed E-state index contributed by atoms with van der Waals surface area (Å²) in [6, 6.07) is 5.85. The van der Waals surface area contributed by atoms with Crippen LogP contribution in [0.2, 0.25) is 0 Å². The zero-order chi connectivity index (χ0) is 17.8. The topological polar surface area (TPSA) is 62.1 Å². The second-order valence-corrected chi connectivity index (χ2v) is 7.54. The molecule has 1 spiro atoms. The van der Waals surface area contributed by atoms with E-state index in [9.17, 15) is 0 Å². The average Bonchev–Trinajstić information content (AvgIpc) is 3.12. The zero-order valence-electron chi connectivity index (χ0n) is 15.6. The number of hydrogen-bond acceptors (Lipinski definition) is 5. The van der Waals surface area contributed by atoms with Gasteiger partial charge >= 0.3 is 0 Å². The second-order valence-electron chi connectivity index (χ2n) is 7.54. The summed E-state index contributed by atoms with van der Waals surface area (Å²) in [6.45, 7) is 5.61. The largest absolute Gasteiger partial charge is 0.381 e. The molecule has 4 rings (SSSR count). The van der Waals surface area contributed by atoms with Crippen molar-refractivity contribution in [2.75, 3.05) is 19.8 Å². The maximum absolute atomic E-state index is 6.33. The Kier molecular flexibility index (Phi) is 5.31. The SMILES string of the molecule is CCCCn1nc(-c2ccccn2)nc1C1CCC2(CCOCC2)CO1. The van der Waals surface area contributed by atoms with Crippen molar-refractivity contribution in [1.29, 1.82) is 0 Å². The summed E-state index contributed by atoms with van der Waals surface area (Å²) in [7, 11) is 0. The lowest BCUT2D eigenvalue weighted by atomic mass is 9.75. The molecule has 0 amide bonds. The molecular formula is C20H28N4O2. The van der Waals surface area contributed by atoms with Crippen molar-refractivity contribution in [3.63, 3.8) is 0 Å². The van der Waals surface area contributed by atoms with Crippen molar-refractivity contribution in [3.05, 3.63) is 30.2 Å². The van der Waals surface area contributed by atoms with E-state index in [-0.39, 0.29) is 6.10 Å². The number of nitrogens with zero attached hydrogens (tertiary/aromatic N) is 4. The smallest absolute Gasteiger partial charge is 0.200 e. The molecular weight excluding hydrogens is 328 g/mol. The van der Waals surface area contributed by atoms with E-state index in [1.165, 1.54) is 6.42 Å². The van der Waals surface area contributed by atoms with Crippen molar-refractivity contribution in [2.45, 2.75) is 58.1 Å². The van der Waals surface area contributed by atoms with E-state index >= 15 is 0 Å². The molecule has 6 nitrogen and oxygen atoms in total. The lowest BCUT2D eigenvalue weighted by molar-refractivity contribution is -0.110. The molecule has 26 heavy (non-hydrogen) atoms. The fraction of sp³-hybridized carbons (Fsp3) is 0.650. The number of aryl methyl sites for hydroxylation is 1. The second kappa shape index (κ2) is 7.84. The third-order valence-corrected chi connectivity index (χ3v) is 5.69. The van der Waals surface area contributed by atoms with Crippen LogP contribution >= 0.6 is 0 Å². The summed E-state index contributed by atoms with van der Waals surface area (Å²) in [6.07, 6.45) is 8.45. The standard InChI is InChI=1S/C20H28N4O2/c1-2-3-12-24-19(22-18(23-24)16-6-4-5-11-21-16)17-7-8-20(15-26-17)9-13-25-14-10-20/h4-6,11,17H,2-3,7-10,12-15H2,1H3. The van der Waals surface area contributed by atoms with Crippen LogP contribution in [0.5, 0.6) is 0 Å². The van der Waals surface area contributed by atoms with Gasteiger partial charge in [-0.05, 0) is 49.7 Å². The van der Waals surface area contributed by atoms with E-state index in [1.807, 2.05) is 22.9 Å². The van der Waals surface area contributed by atoms with Gasteiger partial charge in [-0.1, -0.05) is 19.4 Å². The number of rotatable bonds is 5. The van der Waals surface area contributed by atoms with Crippen LogP contribution in [-0.2, 0) is 16.0 Å². The molecule has 0 bridgehead atoms. The number of pyridine rings is 1. The minimum absolute atomic E-state index is 0.0327. The van der Waals surface area contributed by atoms with Crippen LogP contribution in [0.25, 0.3) is 11.5 Å². The quantitative estimate of drug-likeness (QED) is 0.816. The fourth-order valence-electron chi connectivity index (χ4n) is 3.94. The van der Waals surface area contributed by atoms with Gasteiger partial charge in [-0.3, -0.25) is 4.98 Å². The maximum atomic E-state index is 6.33. The van der Waals surface area contributed by atoms with Gasteiger partial charge in [-0.25, -0.2) is 9.67 Å². The van der Waals surface area contributed by atoms with Gasteiger partial charge in [0.15, 0.2) is 11.6 Å². The van der Waals surface area contributed by atoms with E-state index in [0.717, 1.165) is 70.0 Å². The first kappa shape index (κ1) is 17.6. The summed E-state index contributed by atoms with van der Waals surface area (Å²) >= 11 is 0. The third kappa shape index (κ3) is 3.67. The molecule has 4 heterocycles. The Morgan fingerprint density at radius 1 is 1.23 bits per heavy atom. The van der Waals surface area contributed by atoms with Crippen molar-refractivity contribution in [2.24, 2.45) is 5.41 Å². The van der Waals surface area contributed by atoms with E-state index in [2.05, 4.69) is 11.9 Å². The molecule has 0 N–H and O–H groups in total. The first-order chi connectivity index (χ1) is 12.8. The minimum atomic E-state index is 0.0327. The Labute approximate surface area is 154 Å². The molecule has 0 radical (unpaired) electrons. The molecule has 6 heteroatoms. The minimum Gasteiger partial charge on any atom is -0.381 e. The van der Waals surface area contributed by atoms with Crippen LogP contribution in [0.3, 0.4) is 0 Å². The van der Waals surface area contributed by atoms with Gasteiger partial charge in [-0.2, -0.15) is 0 Å². The van der Waals surface area contributed by atoms with Crippen molar-refractivity contribution < 1.29 is 9.47 Å². The summed E-state index contributed by atoms with van der Waals surface area (Å²) in [5.41, 5.74) is 1.13. The summed E-state index contributed by atoms with van der Waals surface area (Å²) in [5.74, 6) is 1.66. The van der Waals surface area contributed by atoms with Gasteiger partial charge in [0.25, 0.3) is 0 Å². The predicted molar refractivity (Wildman–Crippen MR) is 98.6 cm³/mol. The van der Waals surface area contributed by atoms with Crippen LogP contribution in [0.1, 0.15) is 57.4 Å². The highest BCUT2D eigenvalue weighted by Gasteiger charge is 2.39. The molecule has 0 saturated carbocycles. The average molecular weight is 356 g/mol. The van der Waals surface area contributed by atoms with Crippen molar-refractivity contribution in [3.8, 4) is 11.5 Å². The van der Waals surface area contributed by atoms with Gasteiger partial charge < -0.3 is 9.47 Å². The van der Waals surface area contributed by atoms with Crippen LogP contribution in [0.4, 0.5) is 0 Å². The molecule has 2 saturated heterocycles. The summed E-state index contributed by atoms with van der Waals surface area (Å²) < 4.78 is 13.9. The lowest BCUT2D eigenvalue weighted by Crippen LogP contribution is -2.38. The Morgan fingerprint density at radius 2 is 2.12 bits per heavy atom. The fourth-order valence-corrected chi connectivity index (χ4v) is 3.94. The molecule has 2 fully saturated rings. The van der Waals surface area contributed by atoms with Crippen LogP contribution in [0, 0.1) is 5.41 Å². The Hall–Kier alpha value is -1.79. The highest BCUT2D eigenvalue weighted by molar-refractivity contribution is 5.47. The first-order valence-corrected chi connectivity index (χ1v) is 9.85. The van der Waals surface area contributed by atoms with Crippen LogP contribution < -0.4 is 0 Å². The first-order valence-electron chi connectivity index (χ1n) is 9.85. The van der Waals surface area contributed by atoms with Gasteiger partial charge in [-0.15, -0.1) is 5.10 Å². The van der Waals surface area contributed by atoms with Gasteiger partial charge in [0.1, 0.15) is 11.8 Å². The van der Waals surface area contributed by atoms with Crippen LogP contribution in [0.15, 0.2) is 24.4 Å². The molecule has 0 aliphatic carbocycles. The lowest BCUT2D eigenvalue weighted by Gasteiger charge is -2.42. The van der Waals surface area contributed by atoms with Crippen molar-refractivity contribution in [1.82, 2.24) is 19.7 Å². The number of aromatic nitrogens is 4. The highest BCUT2D eigenvalue weighted by Crippen LogP contribution is 2.43. The van der Waals surface area contributed by atoms with E-state index < -0.39 is 0 Å². The van der Waals surface area contributed by atoms with Crippen molar-refractivity contribution >= 4 is 0 Å². The monoisotopic (exact) mass is 356 g/mol. The van der Waals surface area contributed by atoms with E-state index in [4.69, 9.17) is 19.6 Å². The third-order valence-electron chi connectivity index (χ3n) is 5.69. The van der Waals surface area contributed by atoms with Gasteiger partial charge in [0.2, 0.25) is 0 Å². The Morgan fingerprint density at radius 3 is 2.81 bits per heavy atom. The highest BCUT2D eigenvalue weighted by atomic mass is 16.5. The van der Waals surface area contributed by atoms with Crippen LogP contribution in [-0.4, -0.2) is 39.6 Å². The molecule has 140 valence electrons. The molecule has 2 aliphatic rings. The summed E-state index contributed by atoms with van der Waals surface area (Å²) in [5, 5.41) is 4.74. The predicted octanol–water partition coefficient (Wildman–Crippen LogP) is 3.79. The molecule has 2 aliphatic heterocycles. The van der Waals surface area contributed by atoms with Gasteiger partial charge in [0.05, 0.1) is 6.61 Å². The molecule has 2 aromatic heterocycles. The normalized spacial score (nSPS) is 22.6. The molecule has 1 unspecified atom stereocenters. The Balaban J connectivity index is 1.54. The van der Waals surface area contributed by atoms with E-state index in [0.29, 0.717) is 11.2 Å². The van der Waals surface area contributed by atoms with E-state index in [1.54, 1.807) is 6.20 Å². The summed E-state index contributed by atoms with van der Waals surface area (Å²) in [4.78, 5) is 9.23. The zero-order valence-corrected chi connectivity index (χ0v) is 15.6. The number of hydrogen-bond donors (Lipinski definition) is 0. The molecule has 0 aromatic carbocycles. The Bertz CT molecular complexity index is 700. The number of ether oxygens (including phenoxy) is 2. The number of unbranched alkanes of at least 4 members (excludes halogenated alkanes) is 1. The van der Waals surface area contributed by atoms with Gasteiger partial charge in [0, 0.05) is 26.0 Å². The molecule has 2 aromatic rings.